The highest BCUT2D eigenvalue weighted by atomic mass is 16.3. The molecule has 2 saturated heterocycles. The lowest BCUT2D eigenvalue weighted by Gasteiger charge is -2.39. The number of piperidine rings is 1. The fourth-order valence-electron chi connectivity index (χ4n) is 4.15. The van der Waals surface area contributed by atoms with E-state index >= 15 is 0 Å². The average molecular weight is 278 g/mol. The fraction of sp³-hybridized carbons (Fsp3) is 0.389. The third kappa shape index (κ3) is 1.91. The lowest BCUT2D eigenvalue weighted by Crippen LogP contribution is -2.44. The smallest absolute Gasteiger partial charge is 0.0998 e. The summed E-state index contributed by atoms with van der Waals surface area (Å²) in [6.45, 7) is 0. The third-order valence-corrected chi connectivity index (χ3v) is 5.01. The van der Waals surface area contributed by atoms with Gasteiger partial charge in [0.15, 0.2) is 0 Å². The van der Waals surface area contributed by atoms with Crippen LogP contribution in [0.1, 0.15) is 31.2 Å². The number of anilines is 1. The lowest BCUT2D eigenvalue weighted by atomic mass is 9.96. The molecule has 3 nitrogen and oxygen atoms in total. The molecule has 2 fully saturated rings. The Morgan fingerprint density at radius 1 is 1.00 bits per heavy atom. The van der Waals surface area contributed by atoms with Crippen LogP contribution in [0.25, 0.3) is 10.8 Å². The molecular formula is C18H18N2O. The average Bonchev–Trinajstić information content (AvgIpc) is 2.77. The molecule has 0 radical (unpaired) electrons. The first-order valence-electron chi connectivity index (χ1n) is 7.66. The number of nitriles is 1. The van der Waals surface area contributed by atoms with E-state index in [2.05, 4.69) is 23.1 Å². The van der Waals surface area contributed by atoms with E-state index in [1.54, 1.807) is 0 Å². The maximum atomic E-state index is 9.98. The van der Waals surface area contributed by atoms with Gasteiger partial charge in [0.05, 0.1) is 17.7 Å². The monoisotopic (exact) mass is 278 g/mol. The summed E-state index contributed by atoms with van der Waals surface area (Å²) >= 11 is 0. The van der Waals surface area contributed by atoms with Gasteiger partial charge in [-0.05, 0) is 37.8 Å². The van der Waals surface area contributed by atoms with Crippen LogP contribution in [0, 0.1) is 11.3 Å². The summed E-state index contributed by atoms with van der Waals surface area (Å²) in [5, 5.41) is 21.5. The van der Waals surface area contributed by atoms with Gasteiger partial charge < -0.3 is 10.0 Å². The molecule has 3 heteroatoms. The summed E-state index contributed by atoms with van der Waals surface area (Å²) in [5.41, 5.74) is 1.96. The van der Waals surface area contributed by atoms with E-state index in [0.29, 0.717) is 12.1 Å². The van der Waals surface area contributed by atoms with E-state index < -0.39 is 0 Å². The van der Waals surface area contributed by atoms with Crippen LogP contribution in [0.15, 0.2) is 36.4 Å². The fourth-order valence-corrected chi connectivity index (χ4v) is 4.15. The molecule has 4 rings (SSSR count). The lowest BCUT2D eigenvalue weighted by molar-refractivity contribution is 0.126. The number of benzene rings is 2. The molecule has 2 aromatic rings. The molecule has 0 aromatic heterocycles. The van der Waals surface area contributed by atoms with Crippen LogP contribution in [-0.4, -0.2) is 23.3 Å². The predicted octanol–water partition coefficient (Wildman–Crippen LogP) is 3.20. The van der Waals surface area contributed by atoms with Crippen molar-refractivity contribution in [2.45, 2.75) is 43.9 Å². The van der Waals surface area contributed by atoms with Crippen LogP contribution in [0.3, 0.4) is 0 Å². The van der Waals surface area contributed by atoms with Gasteiger partial charge in [-0.15, -0.1) is 0 Å². The molecule has 2 aromatic carbocycles. The van der Waals surface area contributed by atoms with Gasteiger partial charge in [0.2, 0.25) is 0 Å². The number of nitrogens with zero attached hydrogens (tertiary/aromatic N) is 2. The van der Waals surface area contributed by atoms with Crippen molar-refractivity contribution >= 4 is 16.5 Å². The van der Waals surface area contributed by atoms with E-state index in [4.69, 9.17) is 0 Å². The normalized spacial score (nSPS) is 27.8. The number of aliphatic hydroxyl groups is 1. The quantitative estimate of drug-likeness (QED) is 0.871. The number of hydrogen-bond acceptors (Lipinski definition) is 3. The van der Waals surface area contributed by atoms with Gasteiger partial charge in [-0.1, -0.05) is 24.3 Å². The minimum atomic E-state index is -0.150. The maximum absolute atomic E-state index is 9.98. The summed E-state index contributed by atoms with van der Waals surface area (Å²) in [6, 6.07) is 15.3. The molecule has 21 heavy (non-hydrogen) atoms. The molecule has 2 bridgehead atoms. The highest BCUT2D eigenvalue weighted by molar-refractivity contribution is 5.98. The van der Waals surface area contributed by atoms with E-state index in [0.717, 1.165) is 42.0 Å². The summed E-state index contributed by atoms with van der Waals surface area (Å²) in [4.78, 5) is 2.50. The minimum Gasteiger partial charge on any atom is -0.393 e. The molecule has 0 unspecified atom stereocenters. The Labute approximate surface area is 124 Å². The SMILES string of the molecule is N#Cc1ccc(N2[C@@H]3CC[C@@H]2CC(O)C3)c2ccccc12. The van der Waals surface area contributed by atoms with Gasteiger partial charge in [-0.25, -0.2) is 0 Å². The molecule has 0 saturated carbocycles. The molecule has 0 aliphatic carbocycles. The molecule has 2 aliphatic heterocycles. The van der Waals surface area contributed by atoms with Crippen molar-refractivity contribution in [1.82, 2.24) is 0 Å². The summed E-state index contributed by atoms with van der Waals surface area (Å²) < 4.78 is 0. The second-order valence-electron chi connectivity index (χ2n) is 6.21. The standard InChI is InChI=1S/C18H18N2O/c19-11-12-5-8-18(17-4-2-1-3-16(12)17)20-13-6-7-14(20)10-15(21)9-13/h1-5,8,13-15,21H,6-7,9-10H2/t13-,14-/m1/s1. The third-order valence-electron chi connectivity index (χ3n) is 5.01. The van der Waals surface area contributed by atoms with Crippen molar-refractivity contribution in [2.24, 2.45) is 0 Å². The van der Waals surface area contributed by atoms with Crippen molar-refractivity contribution in [2.75, 3.05) is 4.90 Å². The van der Waals surface area contributed by atoms with Gasteiger partial charge in [-0.3, -0.25) is 0 Å². The van der Waals surface area contributed by atoms with Gasteiger partial charge in [-0.2, -0.15) is 5.26 Å². The number of hydrogen-bond donors (Lipinski definition) is 1. The summed E-state index contributed by atoms with van der Waals surface area (Å²) in [6.07, 6.45) is 3.91. The predicted molar refractivity (Wildman–Crippen MR) is 83.2 cm³/mol. The number of rotatable bonds is 1. The number of fused-ring (bicyclic) bond motifs is 3. The molecule has 2 aliphatic rings. The van der Waals surface area contributed by atoms with Crippen molar-refractivity contribution < 1.29 is 5.11 Å². The Morgan fingerprint density at radius 2 is 1.67 bits per heavy atom. The largest absolute Gasteiger partial charge is 0.393 e. The van der Waals surface area contributed by atoms with E-state index in [9.17, 15) is 10.4 Å². The molecule has 2 atom stereocenters. The second-order valence-corrected chi connectivity index (χ2v) is 6.21. The van der Waals surface area contributed by atoms with Crippen LogP contribution in [0.5, 0.6) is 0 Å². The molecule has 2 heterocycles. The summed E-state index contributed by atoms with van der Waals surface area (Å²) in [7, 11) is 0. The Balaban J connectivity index is 1.87. The van der Waals surface area contributed by atoms with E-state index in [1.807, 2.05) is 24.3 Å². The Hall–Kier alpha value is -2.05. The zero-order chi connectivity index (χ0) is 14.4. The van der Waals surface area contributed by atoms with Crippen molar-refractivity contribution in [3.63, 3.8) is 0 Å². The first-order valence-corrected chi connectivity index (χ1v) is 7.66. The summed E-state index contributed by atoms with van der Waals surface area (Å²) in [5.74, 6) is 0. The van der Waals surface area contributed by atoms with E-state index in [-0.39, 0.29) is 6.10 Å². The maximum Gasteiger partial charge on any atom is 0.0998 e. The minimum absolute atomic E-state index is 0.150. The van der Waals surface area contributed by atoms with Crippen LogP contribution in [-0.2, 0) is 0 Å². The van der Waals surface area contributed by atoms with E-state index in [1.165, 1.54) is 5.69 Å². The van der Waals surface area contributed by atoms with Crippen molar-refractivity contribution in [3.8, 4) is 6.07 Å². The van der Waals surface area contributed by atoms with Crippen molar-refractivity contribution in [3.05, 3.63) is 42.0 Å². The number of aliphatic hydroxyl groups excluding tert-OH is 1. The Kier molecular flexibility index (Phi) is 2.87. The highest BCUT2D eigenvalue weighted by Gasteiger charge is 2.40. The zero-order valence-electron chi connectivity index (χ0n) is 11.9. The molecule has 106 valence electrons. The van der Waals surface area contributed by atoms with Crippen LogP contribution >= 0.6 is 0 Å². The zero-order valence-corrected chi connectivity index (χ0v) is 11.9. The van der Waals surface area contributed by atoms with Crippen LogP contribution < -0.4 is 4.90 Å². The molecule has 1 N–H and O–H groups in total. The van der Waals surface area contributed by atoms with Gasteiger partial charge in [0, 0.05) is 28.5 Å². The topological polar surface area (TPSA) is 47.3 Å². The molecule has 0 amide bonds. The van der Waals surface area contributed by atoms with Crippen molar-refractivity contribution in [1.29, 1.82) is 5.26 Å². The highest BCUT2D eigenvalue weighted by Crippen LogP contribution is 2.42. The Bertz CT molecular complexity index is 720. The second kappa shape index (κ2) is 4.75. The first kappa shape index (κ1) is 12.7. The van der Waals surface area contributed by atoms with Crippen LogP contribution in [0.4, 0.5) is 5.69 Å². The van der Waals surface area contributed by atoms with Gasteiger partial charge in [0.1, 0.15) is 0 Å². The molecule has 0 spiro atoms. The van der Waals surface area contributed by atoms with Crippen LogP contribution in [0.2, 0.25) is 0 Å². The van der Waals surface area contributed by atoms with Gasteiger partial charge in [0.25, 0.3) is 0 Å². The Morgan fingerprint density at radius 3 is 2.33 bits per heavy atom. The van der Waals surface area contributed by atoms with Gasteiger partial charge >= 0.3 is 0 Å². The molecular weight excluding hydrogens is 260 g/mol. The first-order chi connectivity index (χ1) is 10.3.